The lowest BCUT2D eigenvalue weighted by Crippen LogP contribution is -2.47. The third-order valence-corrected chi connectivity index (χ3v) is 10.1. The molecule has 3 heterocycles. The third-order valence-electron chi connectivity index (χ3n) is 8.90. The molecule has 0 bridgehead atoms. The summed E-state index contributed by atoms with van der Waals surface area (Å²) in [6, 6.07) is 20.2. The number of halogens is 2. The number of pyridine rings is 1. The van der Waals surface area contributed by atoms with E-state index in [2.05, 4.69) is 9.88 Å². The largest absolute Gasteiger partial charge is 0.453 e. The van der Waals surface area contributed by atoms with Gasteiger partial charge in [-0.15, -0.1) is 11.3 Å². The fourth-order valence-corrected chi connectivity index (χ4v) is 6.89. The molecule has 7 rings (SSSR count). The van der Waals surface area contributed by atoms with Gasteiger partial charge in [0.05, 0.1) is 15.9 Å². The van der Waals surface area contributed by atoms with Gasteiger partial charge in [-0.25, -0.2) is 8.78 Å². The van der Waals surface area contributed by atoms with Crippen molar-refractivity contribution in [2.75, 3.05) is 38.1 Å². The van der Waals surface area contributed by atoms with Gasteiger partial charge in [-0.05, 0) is 80.1 Å². The van der Waals surface area contributed by atoms with E-state index in [-0.39, 0.29) is 35.9 Å². The van der Waals surface area contributed by atoms with Crippen LogP contribution in [0.15, 0.2) is 85.1 Å². The minimum atomic E-state index is -1.39. The fourth-order valence-electron chi connectivity index (χ4n) is 5.82. The first kappa shape index (κ1) is 31.4. The van der Waals surface area contributed by atoms with Crippen LogP contribution in [0.2, 0.25) is 0 Å². The van der Waals surface area contributed by atoms with Gasteiger partial charge in [0.2, 0.25) is 11.8 Å². The minimum Gasteiger partial charge on any atom is -0.453 e. The smallest absolute Gasteiger partial charge is 0.253 e. The van der Waals surface area contributed by atoms with Crippen molar-refractivity contribution in [3.8, 4) is 21.9 Å². The number of carbonyl (C=O) groups excluding carboxylic acids is 3. The number of carbonyl (C=O) groups is 3. The number of anilines is 2. The Balaban J connectivity index is 1.14. The zero-order valence-electron chi connectivity index (χ0n) is 26.0. The van der Waals surface area contributed by atoms with Gasteiger partial charge in [0.1, 0.15) is 17.0 Å². The van der Waals surface area contributed by atoms with Crippen molar-refractivity contribution in [1.29, 1.82) is 0 Å². The molecule has 48 heavy (non-hydrogen) atoms. The molecule has 1 aliphatic heterocycles. The summed E-state index contributed by atoms with van der Waals surface area (Å²) >= 11 is 1.43. The molecule has 1 saturated heterocycles. The summed E-state index contributed by atoms with van der Waals surface area (Å²) in [6.45, 7) is 3.10. The Hall–Kier alpha value is -5.20. The Bertz CT molecular complexity index is 2040. The van der Waals surface area contributed by atoms with Gasteiger partial charge in [0, 0.05) is 60.6 Å². The van der Waals surface area contributed by atoms with E-state index in [9.17, 15) is 18.8 Å². The van der Waals surface area contributed by atoms with Crippen molar-refractivity contribution in [3.63, 3.8) is 0 Å². The van der Waals surface area contributed by atoms with Crippen LogP contribution in [0, 0.1) is 17.0 Å². The van der Waals surface area contributed by atoms with Crippen molar-refractivity contribution in [1.82, 2.24) is 14.8 Å². The van der Waals surface area contributed by atoms with Crippen LogP contribution in [-0.2, 0) is 9.59 Å². The van der Waals surface area contributed by atoms with Crippen molar-refractivity contribution in [2.45, 2.75) is 12.8 Å². The van der Waals surface area contributed by atoms with E-state index in [1.807, 2.05) is 42.3 Å². The van der Waals surface area contributed by atoms with E-state index in [0.717, 1.165) is 29.6 Å². The number of hydrogen-bond donors (Lipinski definition) is 1. The van der Waals surface area contributed by atoms with Crippen LogP contribution in [0.3, 0.4) is 0 Å². The van der Waals surface area contributed by atoms with Crippen LogP contribution < -0.4 is 15.4 Å². The average Bonchev–Trinajstić information content (AvgIpc) is 3.80. The second-order valence-electron chi connectivity index (χ2n) is 12.1. The maximum Gasteiger partial charge on any atom is 0.253 e. The summed E-state index contributed by atoms with van der Waals surface area (Å²) in [7, 11) is 2.05. The SMILES string of the molecule is CN1CCN(C(=O)c2ccc(-c3cc4nccc(Oc5ccc(N(C(=O)C6(C(N)=O)CC6)c6ccc(F)cc6)cc5F)c4s3)cc2)CC1. The monoisotopic (exact) mass is 667 g/mol. The molecule has 1 aliphatic carbocycles. The fraction of sp³-hybridized carbons (Fsp3) is 0.222. The highest BCUT2D eigenvalue weighted by molar-refractivity contribution is 7.22. The molecule has 0 spiro atoms. The molecular weight excluding hydrogens is 636 g/mol. The Labute approximate surface area is 279 Å². The van der Waals surface area contributed by atoms with E-state index in [0.29, 0.717) is 34.6 Å². The predicted octanol–water partition coefficient (Wildman–Crippen LogP) is 6.35. The summed E-state index contributed by atoms with van der Waals surface area (Å²) in [5, 5.41) is 0. The molecule has 9 nitrogen and oxygen atoms in total. The highest BCUT2D eigenvalue weighted by Crippen LogP contribution is 2.49. The van der Waals surface area contributed by atoms with Crippen molar-refractivity contribution in [2.24, 2.45) is 11.1 Å². The molecule has 0 unspecified atom stereocenters. The van der Waals surface area contributed by atoms with Crippen LogP contribution in [0.4, 0.5) is 20.2 Å². The van der Waals surface area contributed by atoms with E-state index in [1.165, 1.54) is 52.6 Å². The van der Waals surface area contributed by atoms with Crippen LogP contribution in [-0.4, -0.2) is 65.7 Å². The lowest BCUT2D eigenvalue weighted by Gasteiger charge is -2.32. The molecule has 12 heteroatoms. The summed E-state index contributed by atoms with van der Waals surface area (Å²) in [5.41, 5.74) is 6.78. The quantitative estimate of drug-likeness (QED) is 0.193. The molecule has 1 saturated carbocycles. The van der Waals surface area contributed by atoms with Crippen LogP contribution in [0.1, 0.15) is 23.2 Å². The first-order chi connectivity index (χ1) is 23.1. The average molecular weight is 668 g/mol. The number of hydrogen-bond acceptors (Lipinski definition) is 7. The molecular formula is C36H31F2N5O4S. The van der Waals surface area contributed by atoms with E-state index < -0.39 is 28.9 Å². The number of thiophene rings is 1. The van der Waals surface area contributed by atoms with Gasteiger partial charge in [-0.1, -0.05) is 12.1 Å². The molecule has 2 aliphatic rings. The van der Waals surface area contributed by atoms with Gasteiger partial charge in [0.15, 0.2) is 11.6 Å². The number of rotatable bonds is 8. The second kappa shape index (κ2) is 12.4. The number of nitrogens with zero attached hydrogens (tertiary/aromatic N) is 4. The number of nitrogens with two attached hydrogens (primary N) is 1. The predicted molar refractivity (Wildman–Crippen MR) is 179 cm³/mol. The molecule has 3 aromatic carbocycles. The first-order valence-electron chi connectivity index (χ1n) is 15.5. The summed E-state index contributed by atoms with van der Waals surface area (Å²) in [4.78, 5) is 49.4. The summed E-state index contributed by atoms with van der Waals surface area (Å²) < 4.78 is 36.1. The van der Waals surface area contributed by atoms with Crippen LogP contribution >= 0.6 is 11.3 Å². The van der Waals surface area contributed by atoms with E-state index >= 15 is 4.39 Å². The number of piperazine rings is 1. The Kier molecular flexibility index (Phi) is 8.14. The van der Waals surface area contributed by atoms with Gasteiger partial charge >= 0.3 is 0 Å². The lowest BCUT2D eigenvalue weighted by atomic mass is 10.0. The van der Waals surface area contributed by atoms with Gasteiger partial charge in [0.25, 0.3) is 5.91 Å². The van der Waals surface area contributed by atoms with E-state index in [1.54, 1.807) is 12.3 Å². The summed E-state index contributed by atoms with van der Waals surface area (Å²) in [5.74, 6) is -2.30. The lowest BCUT2D eigenvalue weighted by molar-refractivity contribution is -0.133. The molecule has 2 aromatic heterocycles. The van der Waals surface area contributed by atoms with E-state index in [4.69, 9.17) is 10.5 Å². The highest BCUT2D eigenvalue weighted by Gasteiger charge is 2.57. The van der Waals surface area contributed by atoms with Gasteiger partial charge in [-0.3, -0.25) is 24.3 Å². The summed E-state index contributed by atoms with van der Waals surface area (Å²) in [6.07, 6.45) is 2.14. The number of fused-ring (bicyclic) bond motifs is 1. The highest BCUT2D eigenvalue weighted by atomic mass is 32.1. The number of ether oxygens (including phenoxy) is 1. The number of likely N-dealkylation sites (N-methyl/N-ethyl adjacent to an activating group) is 1. The molecule has 2 N–H and O–H groups in total. The second-order valence-corrected chi connectivity index (χ2v) is 13.1. The van der Waals surface area contributed by atoms with Crippen molar-refractivity contribution >= 4 is 50.6 Å². The minimum absolute atomic E-state index is 0.0152. The Morgan fingerprint density at radius 3 is 2.21 bits per heavy atom. The van der Waals surface area contributed by atoms with Gasteiger partial charge in [-0.2, -0.15) is 0 Å². The third kappa shape index (κ3) is 5.88. The molecule has 0 radical (unpaired) electrons. The van der Waals surface area contributed by atoms with Crippen molar-refractivity contribution in [3.05, 3.63) is 102 Å². The standard InChI is InChI=1S/C36H31F2N5O4S/c1-41-16-18-42(19-17-41)33(44)23-4-2-22(3-5-23)31-21-28-32(48-31)30(12-15-40-28)47-29-11-10-26(20-27(29)38)43(25-8-6-24(37)7-9-25)35(46)36(13-14-36)34(39)45/h2-12,15,20-21H,13-14,16-19H2,1H3,(H2,39,45). The number of aromatic nitrogens is 1. The Morgan fingerprint density at radius 2 is 1.56 bits per heavy atom. The maximum atomic E-state index is 15.7. The first-order valence-corrected chi connectivity index (χ1v) is 16.3. The normalized spacial score (nSPS) is 15.7. The molecule has 5 aromatic rings. The van der Waals surface area contributed by atoms with Crippen molar-refractivity contribution < 1.29 is 27.9 Å². The number of primary amides is 1. The molecule has 3 amide bonds. The van der Waals surface area contributed by atoms with Crippen LogP contribution in [0.25, 0.3) is 20.7 Å². The number of benzene rings is 3. The number of amides is 3. The molecule has 244 valence electrons. The zero-order chi connectivity index (χ0) is 33.6. The topological polar surface area (TPSA) is 109 Å². The molecule has 2 fully saturated rings. The molecule has 0 atom stereocenters. The van der Waals surface area contributed by atoms with Crippen LogP contribution in [0.5, 0.6) is 11.5 Å². The van der Waals surface area contributed by atoms with Gasteiger partial charge < -0.3 is 20.3 Å². The maximum absolute atomic E-state index is 15.7. The zero-order valence-corrected chi connectivity index (χ0v) is 26.8. The Morgan fingerprint density at radius 1 is 0.875 bits per heavy atom.